The maximum atomic E-state index is 12.2. The molecule has 3 rings (SSSR count). The molecule has 1 aliphatic heterocycles. The van der Waals surface area contributed by atoms with Gasteiger partial charge >= 0.3 is 0 Å². The summed E-state index contributed by atoms with van der Waals surface area (Å²) in [5.74, 6) is 0.302. The first-order chi connectivity index (χ1) is 13.1. The first-order valence-corrected chi connectivity index (χ1v) is 9.90. The van der Waals surface area contributed by atoms with Crippen molar-refractivity contribution in [3.05, 3.63) is 69.7 Å². The van der Waals surface area contributed by atoms with E-state index in [9.17, 15) is 4.79 Å². The van der Waals surface area contributed by atoms with Crippen molar-refractivity contribution in [2.45, 2.75) is 13.0 Å². The Morgan fingerprint density at radius 1 is 1.11 bits per heavy atom. The fourth-order valence-corrected chi connectivity index (χ4v) is 3.54. The van der Waals surface area contributed by atoms with Gasteiger partial charge in [0.15, 0.2) is 0 Å². The molecule has 1 unspecified atom stereocenters. The number of nitrogens with one attached hydrogen (secondary N) is 1. The smallest absolute Gasteiger partial charge is 0.224 e. The van der Waals surface area contributed by atoms with E-state index in [4.69, 9.17) is 27.9 Å². The van der Waals surface area contributed by atoms with Gasteiger partial charge in [0.05, 0.1) is 29.7 Å². The predicted molar refractivity (Wildman–Crippen MR) is 109 cm³/mol. The molecule has 0 aliphatic carbocycles. The van der Waals surface area contributed by atoms with E-state index in [0.29, 0.717) is 36.2 Å². The van der Waals surface area contributed by atoms with E-state index in [1.165, 1.54) is 0 Å². The number of carbonyl (C=O) groups is 1. The van der Waals surface area contributed by atoms with Crippen molar-refractivity contribution in [1.29, 1.82) is 0 Å². The highest BCUT2D eigenvalue weighted by Gasteiger charge is 2.20. The Morgan fingerprint density at radius 2 is 1.93 bits per heavy atom. The first kappa shape index (κ1) is 20.2. The van der Waals surface area contributed by atoms with Crippen LogP contribution in [0.3, 0.4) is 0 Å². The fraction of sp³-hybridized carbons (Fsp3) is 0.381. The number of benzene rings is 2. The summed E-state index contributed by atoms with van der Waals surface area (Å²) in [7, 11) is 0. The van der Waals surface area contributed by atoms with E-state index < -0.39 is 0 Å². The largest absolute Gasteiger partial charge is 0.380 e. The van der Waals surface area contributed by atoms with Crippen LogP contribution in [-0.2, 0) is 22.5 Å². The predicted octanol–water partition coefficient (Wildman–Crippen LogP) is 3.80. The molecule has 144 valence electrons. The minimum atomic E-state index is 0.0430. The maximum Gasteiger partial charge on any atom is 0.224 e. The number of hydrogen-bond donors (Lipinski definition) is 1. The third-order valence-electron chi connectivity index (χ3n) is 4.61. The lowest BCUT2D eigenvalue weighted by Gasteiger charge is -2.23. The van der Waals surface area contributed by atoms with E-state index in [0.717, 1.165) is 30.8 Å². The molecule has 1 aliphatic rings. The topological polar surface area (TPSA) is 41.6 Å². The van der Waals surface area contributed by atoms with Crippen LogP contribution in [0, 0.1) is 5.92 Å². The zero-order chi connectivity index (χ0) is 19.1. The van der Waals surface area contributed by atoms with Crippen molar-refractivity contribution in [1.82, 2.24) is 10.2 Å². The van der Waals surface area contributed by atoms with Crippen molar-refractivity contribution in [3.8, 4) is 0 Å². The van der Waals surface area contributed by atoms with Crippen molar-refractivity contribution < 1.29 is 9.53 Å². The summed E-state index contributed by atoms with van der Waals surface area (Å²) in [6.07, 6.45) is 0.404. The van der Waals surface area contributed by atoms with Crippen molar-refractivity contribution in [3.63, 3.8) is 0 Å². The molecule has 0 radical (unpaired) electrons. The van der Waals surface area contributed by atoms with E-state index in [1.807, 2.05) is 48.5 Å². The molecule has 1 saturated heterocycles. The van der Waals surface area contributed by atoms with E-state index in [-0.39, 0.29) is 11.8 Å². The van der Waals surface area contributed by atoms with Crippen LogP contribution < -0.4 is 5.32 Å². The Kier molecular flexibility index (Phi) is 7.53. The highest BCUT2D eigenvalue weighted by Crippen LogP contribution is 2.23. The van der Waals surface area contributed by atoms with Gasteiger partial charge in [0.25, 0.3) is 0 Å². The second-order valence-electron chi connectivity index (χ2n) is 6.89. The number of carbonyl (C=O) groups excluding carboxylic acids is 1. The summed E-state index contributed by atoms with van der Waals surface area (Å²) in [5.41, 5.74) is 2.14. The van der Waals surface area contributed by atoms with Crippen LogP contribution in [-0.4, -0.2) is 43.7 Å². The first-order valence-electron chi connectivity index (χ1n) is 9.15. The van der Waals surface area contributed by atoms with Gasteiger partial charge in [-0.05, 0) is 23.3 Å². The lowest BCUT2D eigenvalue weighted by molar-refractivity contribution is -0.120. The monoisotopic (exact) mass is 406 g/mol. The second kappa shape index (κ2) is 10.1. The minimum absolute atomic E-state index is 0.0430. The quantitative estimate of drug-likeness (QED) is 0.792. The summed E-state index contributed by atoms with van der Waals surface area (Å²) in [5, 5.41) is 4.19. The summed E-state index contributed by atoms with van der Waals surface area (Å²) in [6.45, 7) is 4.47. The van der Waals surface area contributed by atoms with Crippen LogP contribution >= 0.6 is 23.2 Å². The Hall–Kier alpha value is -1.59. The SMILES string of the molecule is O=C(Cc1ccccc1)NCC1COCCN(Cc2ccc(Cl)c(Cl)c2)C1. The number of halogens is 2. The zero-order valence-corrected chi connectivity index (χ0v) is 16.7. The maximum absolute atomic E-state index is 12.2. The Balaban J connectivity index is 1.50. The molecular formula is C21H24Cl2N2O2. The molecule has 2 aromatic carbocycles. The minimum Gasteiger partial charge on any atom is -0.380 e. The summed E-state index contributed by atoms with van der Waals surface area (Å²) < 4.78 is 5.73. The average Bonchev–Trinajstić information content (AvgIpc) is 2.89. The van der Waals surface area contributed by atoms with Gasteiger partial charge in [0.1, 0.15) is 0 Å². The number of hydrogen-bond acceptors (Lipinski definition) is 3. The van der Waals surface area contributed by atoms with Crippen LogP contribution in [0.15, 0.2) is 48.5 Å². The van der Waals surface area contributed by atoms with Gasteiger partial charge in [0, 0.05) is 32.1 Å². The molecule has 1 heterocycles. The molecular weight excluding hydrogens is 383 g/mol. The van der Waals surface area contributed by atoms with E-state index in [2.05, 4.69) is 10.2 Å². The molecule has 1 N–H and O–H groups in total. The summed E-state index contributed by atoms with van der Waals surface area (Å²) in [4.78, 5) is 14.5. The molecule has 1 atom stereocenters. The molecule has 27 heavy (non-hydrogen) atoms. The van der Waals surface area contributed by atoms with Crippen LogP contribution in [0.25, 0.3) is 0 Å². The highest BCUT2D eigenvalue weighted by molar-refractivity contribution is 6.42. The van der Waals surface area contributed by atoms with Gasteiger partial charge in [-0.15, -0.1) is 0 Å². The third kappa shape index (κ3) is 6.51. The number of amides is 1. The molecule has 2 aromatic rings. The number of nitrogens with zero attached hydrogens (tertiary/aromatic N) is 1. The zero-order valence-electron chi connectivity index (χ0n) is 15.2. The van der Waals surface area contributed by atoms with Gasteiger partial charge in [-0.25, -0.2) is 0 Å². The van der Waals surface area contributed by atoms with Gasteiger partial charge in [-0.3, -0.25) is 9.69 Å². The molecule has 0 aromatic heterocycles. The highest BCUT2D eigenvalue weighted by atomic mass is 35.5. The van der Waals surface area contributed by atoms with Crippen molar-refractivity contribution in [2.24, 2.45) is 5.92 Å². The fourth-order valence-electron chi connectivity index (χ4n) is 3.22. The lowest BCUT2D eigenvalue weighted by Crippen LogP contribution is -2.37. The summed E-state index contributed by atoms with van der Waals surface area (Å²) >= 11 is 12.1. The van der Waals surface area contributed by atoms with Crippen molar-refractivity contribution >= 4 is 29.1 Å². The number of rotatable bonds is 6. The van der Waals surface area contributed by atoms with Gasteiger partial charge in [0.2, 0.25) is 5.91 Å². The van der Waals surface area contributed by atoms with Crippen LogP contribution in [0.5, 0.6) is 0 Å². The Labute approximate surface area is 170 Å². The molecule has 1 amide bonds. The van der Waals surface area contributed by atoms with Crippen LogP contribution in [0.1, 0.15) is 11.1 Å². The Morgan fingerprint density at radius 3 is 2.70 bits per heavy atom. The molecule has 0 spiro atoms. The van der Waals surface area contributed by atoms with Gasteiger partial charge < -0.3 is 10.1 Å². The van der Waals surface area contributed by atoms with E-state index >= 15 is 0 Å². The molecule has 0 bridgehead atoms. The Bertz CT molecular complexity index is 755. The van der Waals surface area contributed by atoms with Crippen LogP contribution in [0.2, 0.25) is 10.0 Å². The van der Waals surface area contributed by atoms with Gasteiger partial charge in [-0.1, -0.05) is 59.6 Å². The van der Waals surface area contributed by atoms with Crippen LogP contribution in [0.4, 0.5) is 0 Å². The number of ether oxygens (including phenoxy) is 1. The molecule has 1 fully saturated rings. The van der Waals surface area contributed by atoms with Gasteiger partial charge in [-0.2, -0.15) is 0 Å². The second-order valence-corrected chi connectivity index (χ2v) is 7.71. The molecule has 6 heteroatoms. The standard InChI is InChI=1S/C21H24Cl2N2O2/c22-19-7-6-17(10-20(19)23)13-25-8-9-27-15-18(14-25)12-24-21(26)11-16-4-2-1-3-5-16/h1-7,10,18H,8-9,11-15H2,(H,24,26). The normalized spacial score (nSPS) is 18.1. The summed E-state index contributed by atoms with van der Waals surface area (Å²) in [6, 6.07) is 15.5. The lowest BCUT2D eigenvalue weighted by atomic mass is 10.1. The third-order valence-corrected chi connectivity index (χ3v) is 5.35. The average molecular weight is 407 g/mol. The molecule has 4 nitrogen and oxygen atoms in total. The molecule has 0 saturated carbocycles. The van der Waals surface area contributed by atoms with Crippen molar-refractivity contribution in [2.75, 3.05) is 32.8 Å². The van der Waals surface area contributed by atoms with E-state index in [1.54, 1.807) is 0 Å².